The van der Waals surface area contributed by atoms with Gasteiger partial charge < -0.3 is 20.1 Å². The summed E-state index contributed by atoms with van der Waals surface area (Å²) < 4.78 is 5.25. The zero-order chi connectivity index (χ0) is 13.2. The fourth-order valence-electron chi connectivity index (χ4n) is 2.83. The summed E-state index contributed by atoms with van der Waals surface area (Å²) in [5.41, 5.74) is -0.773. The highest BCUT2D eigenvalue weighted by Crippen LogP contribution is 2.23. The molecule has 5 heteroatoms. The fourth-order valence-corrected chi connectivity index (χ4v) is 2.83. The summed E-state index contributed by atoms with van der Waals surface area (Å²) in [4.78, 5) is 14.0. The number of nitrogens with one attached hydrogen (secondary N) is 1. The van der Waals surface area contributed by atoms with E-state index in [0.717, 1.165) is 13.0 Å². The largest absolute Gasteiger partial charge is 0.388 e. The van der Waals surface area contributed by atoms with Crippen LogP contribution >= 0.6 is 0 Å². The number of aliphatic hydroxyl groups is 1. The van der Waals surface area contributed by atoms with Crippen LogP contribution in [0.3, 0.4) is 0 Å². The molecule has 0 spiro atoms. The Balaban J connectivity index is 1.90. The van der Waals surface area contributed by atoms with Gasteiger partial charge in [-0.05, 0) is 18.9 Å². The topological polar surface area (TPSA) is 61.8 Å². The second kappa shape index (κ2) is 5.55. The van der Waals surface area contributed by atoms with E-state index in [9.17, 15) is 9.90 Å². The van der Waals surface area contributed by atoms with Crippen molar-refractivity contribution in [2.24, 2.45) is 5.92 Å². The number of hydrogen-bond acceptors (Lipinski definition) is 4. The van der Waals surface area contributed by atoms with Crippen LogP contribution in [0.1, 0.15) is 26.2 Å². The van der Waals surface area contributed by atoms with Crippen molar-refractivity contribution in [3.8, 4) is 0 Å². The Kier molecular flexibility index (Phi) is 4.25. The van der Waals surface area contributed by atoms with E-state index in [2.05, 4.69) is 12.2 Å². The molecular formula is C13H24N2O3. The predicted molar refractivity (Wildman–Crippen MR) is 68.2 cm³/mol. The molecule has 2 saturated heterocycles. The first-order valence-electron chi connectivity index (χ1n) is 6.80. The molecule has 0 radical (unpaired) electrons. The summed E-state index contributed by atoms with van der Waals surface area (Å²) in [5, 5.41) is 13.6. The number of carbonyl (C=O) groups excluding carboxylic acids is 1. The van der Waals surface area contributed by atoms with Crippen LogP contribution in [0.4, 0.5) is 0 Å². The first kappa shape index (κ1) is 13.8. The third-order valence-corrected chi connectivity index (χ3v) is 4.13. The molecule has 2 rings (SSSR count). The minimum Gasteiger partial charge on any atom is -0.388 e. The molecule has 2 atom stereocenters. The van der Waals surface area contributed by atoms with Crippen LogP contribution in [0.25, 0.3) is 0 Å². The molecule has 2 heterocycles. The molecule has 2 aliphatic heterocycles. The molecule has 0 aliphatic carbocycles. The third-order valence-electron chi connectivity index (χ3n) is 4.13. The van der Waals surface area contributed by atoms with Crippen molar-refractivity contribution < 1.29 is 14.6 Å². The molecule has 0 aromatic heterocycles. The van der Waals surface area contributed by atoms with Gasteiger partial charge in [0.05, 0.1) is 11.6 Å². The Labute approximate surface area is 108 Å². The number of likely N-dealkylation sites (N-methyl/N-ethyl adjacent to an activating group) is 1. The van der Waals surface area contributed by atoms with Gasteiger partial charge in [-0.1, -0.05) is 6.92 Å². The standard InChI is InChI=1S/C13H24N2O3/c1-10-3-6-14-11(10)12(16)15(2)9-13(17)4-7-18-8-5-13/h10-11,14,17H,3-9H2,1-2H3. The van der Waals surface area contributed by atoms with Gasteiger partial charge in [0.25, 0.3) is 0 Å². The Morgan fingerprint density at radius 3 is 2.72 bits per heavy atom. The molecular weight excluding hydrogens is 232 g/mol. The quantitative estimate of drug-likeness (QED) is 0.745. The Bertz CT molecular complexity index is 303. The molecule has 2 unspecified atom stereocenters. The lowest BCUT2D eigenvalue weighted by molar-refractivity contribution is -0.139. The molecule has 0 aromatic carbocycles. The maximum atomic E-state index is 12.3. The van der Waals surface area contributed by atoms with E-state index >= 15 is 0 Å². The van der Waals surface area contributed by atoms with Gasteiger partial charge >= 0.3 is 0 Å². The first-order valence-corrected chi connectivity index (χ1v) is 6.80. The van der Waals surface area contributed by atoms with E-state index < -0.39 is 5.60 Å². The number of ether oxygens (including phenoxy) is 1. The van der Waals surface area contributed by atoms with E-state index in [1.165, 1.54) is 0 Å². The van der Waals surface area contributed by atoms with Gasteiger partial charge in [0, 0.05) is 39.6 Å². The van der Waals surface area contributed by atoms with E-state index in [-0.39, 0.29) is 11.9 Å². The van der Waals surface area contributed by atoms with Crippen molar-refractivity contribution in [2.45, 2.75) is 37.8 Å². The number of rotatable bonds is 3. The lowest BCUT2D eigenvalue weighted by Crippen LogP contribution is -2.51. The number of amides is 1. The van der Waals surface area contributed by atoms with E-state index in [1.807, 2.05) is 0 Å². The van der Waals surface area contributed by atoms with Crippen LogP contribution in [0, 0.1) is 5.92 Å². The van der Waals surface area contributed by atoms with Crippen molar-refractivity contribution in [3.05, 3.63) is 0 Å². The second-order valence-electron chi connectivity index (χ2n) is 5.73. The van der Waals surface area contributed by atoms with Crippen molar-refractivity contribution >= 4 is 5.91 Å². The zero-order valence-electron chi connectivity index (χ0n) is 11.3. The van der Waals surface area contributed by atoms with Crippen LogP contribution in [0.15, 0.2) is 0 Å². The van der Waals surface area contributed by atoms with Gasteiger partial charge in [0.2, 0.25) is 5.91 Å². The third kappa shape index (κ3) is 3.02. The van der Waals surface area contributed by atoms with Crippen LogP contribution in [0.2, 0.25) is 0 Å². The van der Waals surface area contributed by atoms with Crippen molar-refractivity contribution in [3.63, 3.8) is 0 Å². The summed E-state index contributed by atoms with van der Waals surface area (Å²) in [5.74, 6) is 0.476. The summed E-state index contributed by atoms with van der Waals surface area (Å²) in [7, 11) is 1.78. The minimum atomic E-state index is -0.773. The highest BCUT2D eigenvalue weighted by Gasteiger charge is 2.36. The number of nitrogens with zero attached hydrogens (tertiary/aromatic N) is 1. The lowest BCUT2D eigenvalue weighted by atomic mass is 9.93. The molecule has 1 amide bonds. The Morgan fingerprint density at radius 1 is 1.50 bits per heavy atom. The normalized spacial score (nSPS) is 31.3. The molecule has 0 bridgehead atoms. The van der Waals surface area contributed by atoms with Gasteiger partial charge in [-0.3, -0.25) is 4.79 Å². The Morgan fingerprint density at radius 2 is 2.17 bits per heavy atom. The molecule has 0 saturated carbocycles. The monoisotopic (exact) mass is 256 g/mol. The maximum Gasteiger partial charge on any atom is 0.239 e. The molecule has 104 valence electrons. The van der Waals surface area contributed by atoms with Crippen LogP contribution in [0.5, 0.6) is 0 Å². The lowest BCUT2D eigenvalue weighted by Gasteiger charge is -2.36. The first-order chi connectivity index (χ1) is 8.52. The summed E-state index contributed by atoms with van der Waals surface area (Å²) in [6.07, 6.45) is 2.26. The SMILES string of the molecule is CC1CCNC1C(=O)N(C)CC1(O)CCOCC1. The number of carbonyl (C=O) groups is 1. The van der Waals surface area contributed by atoms with Crippen molar-refractivity contribution in [1.29, 1.82) is 0 Å². The minimum absolute atomic E-state index is 0.0848. The van der Waals surface area contributed by atoms with Crippen molar-refractivity contribution in [1.82, 2.24) is 10.2 Å². The second-order valence-corrected chi connectivity index (χ2v) is 5.73. The van der Waals surface area contributed by atoms with Gasteiger partial charge in [-0.2, -0.15) is 0 Å². The molecule has 2 N–H and O–H groups in total. The fraction of sp³-hybridized carbons (Fsp3) is 0.923. The van der Waals surface area contributed by atoms with Crippen molar-refractivity contribution in [2.75, 3.05) is 33.4 Å². The predicted octanol–water partition coefficient (Wildman–Crippen LogP) is -0.0157. The molecule has 5 nitrogen and oxygen atoms in total. The summed E-state index contributed by atoms with van der Waals surface area (Å²) in [6.45, 7) is 4.57. The zero-order valence-corrected chi connectivity index (χ0v) is 11.3. The van der Waals surface area contributed by atoms with E-state index in [4.69, 9.17) is 4.74 Å². The smallest absolute Gasteiger partial charge is 0.239 e. The molecule has 0 aromatic rings. The highest BCUT2D eigenvalue weighted by molar-refractivity contribution is 5.82. The molecule has 2 aliphatic rings. The average Bonchev–Trinajstić information content (AvgIpc) is 2.74. The average molecular weight is 256 g/mol. The van der Waals surface area contributed by atoms with Crippen LogP contribution in [-0.4, -0.2) is 60.9 Å². The summed E-state index contributed by atoms with van der Waals surface area (Å²) in [6, 6.07) is -0.0848. The van der Waals surface area contributed by atoms with E-state index in [1.54, 1.807) is 11.9 Å². The van der Waals surface area contributed by atoms with Crippen LogP contribution in [-0.2, 0) is 9.53 Å². The van der Waals surface area contributed by atoms with Gasteiger partial charge in [-0.25, -0.2) is 0 Å². The van der Waals surface area contributed by atoms with Gasteiger partial charge in [-0.15, -0.1) is 0 Å². The number of hydrogen-bond donors (Lipinski definition) is 2. The summed E-state index contributed by atoms with van der Waals surface area (Å²) >= 11 is 0. The Hall–Kier alpha value is -0.650. The maximum absolute atomic E-state index is 12.3. The van der Waals surface area contributed by atoms with Gasteiger partial charge in [0.15, 0.2) is 0 Å². The van der Waals surface area contributed by atoms with Gasteiger partial charge in [0.1, 0.15) is 0 Å². The van der Waals surface area contributed by atoms with E-state index in [0.29, 0.717) is 38.5 Å². The van der Waals surface area contributed by atoms with Crippen LogP contribution < -0.4 is 5.32 Å². The molecule has 2 fully saturated rings. The highest BCUT2D eigenvalue weighted by atomic mass is 16.5. The molecule has 18 heavy (non-hydrogen) atoms.